The van der Waals surface area contributed by atoms with E-state index in [1.54, 1.807) is 0 Å². The molecule has 1 aromatic carbocycles. The van der Waals surface area contributed by atoms with Crippen LogP contribution in [0.15, 0.2) is 12.1 Å². The Labute approximate surface area is 113 Å². The van der Waals surface area contributed by atoms with Crippen LogP contribution in [0.1, 0.15) is 41.3 Å². The van der Waals surface area contributed by atoms with Crippen molar-refractivity contribution in [3.63, 3.8) is 0 Å². The number of hydrogen-bond donors (Lipinski definition) is 0. The largest absolute Gasteiger partial charge is 0.117 e. The van der Waals surface area contributed by atoms with Crippen molar-refractivity contribution in [2.24, 2.45) is 17.8 Å². The minimum Gasteiger partial charge on any atom is -0.117 e. The molecule has 3 atom stereocenters. The van der Waals surface area contributed by atoms with Gasteiger partial charge in [-0.15, -0.1) is 11.6 Å². The number of hydrogen-bond acceptors (Lipinski definition) is 0. The Morgan fingerprint density at radius 2 is 1.65 bits per heavy atom. The third kappa shape index (κ3) is 2.11. The SMILES string of the molecule is Cc1cc(Cl)c(C(Cl)C2CC3CC3C2)cc1C. The molecule has 0 saturated heterocycles. The van der Waals surface area contributed by atoms with Crippen molar-refractivity contribution in [3.8, 4) is 0 Å². The third-order valence-electron chi connectivity index (χ3n) is 4.60. The molecular formula is C15H18Cl2. The van der Waals surface area contributed by atoms with Gasteiger partial charge in [0.25, 0.3) is 0 Å². The number of halogens is 2. The summed E-state index contributed by atoms with van der Waals surface area (Å²) in [6, 6.07) is 4.23. The first-order chi connectivity index (χ1) is 8.06. The van der Waals surface area contributed by atoms with Crippen LogP contribution in [-0.4, -0.2) is 0 Å². The van der Waals surface area contributed by atoms with Crippen LogP contribution in [0.4, 0.5) is 0 Å². The van der Waals surface area contributed by atoms with E-state index >= 15 is 0 Å². The van der Waals surface area contributed by atoms with Gasteiger partial charge in [-0.2, -0.15) is 0 Å². The van der Waals surface area contributed by atoms with Gasteiger partial charge in [-0.1, -0.05) is 17.7 Å². The average molecular weight is 269 g/mol. The Balaban J connectivity index is 1.85. The molecule has 0 radical (unpaired) electrons. The number of fused-ring (bicyclic) bond motifs is 1. The summed E-state index contributed by atoms with van der Waals surface area (Å²) in [5.74, 6) is 2.60. The molecular weight excluding hydrogens is 251 g/mol. The van der Waals surface area contributed by atoms with Gasteiger partial charge in [0, 0.05) is 5.02 Å². The minimum atomic E-state index is 0.106. The van der Waals surface area contributed by atoms with Crippen molar-refractivity contribution in [2.45, 2.75) is 38.5 Å². The highest BCUT2D eigenvalue weighted by Crippen LogP contribution is 2.58. The third-order valence-corrected chi connectivity index (χ3v) is 5.52. The van der Waals surface area contributed by atoms with Gasteiger partial charge in [0.15, 0.2) is 0 Å². The Kier molecular flexibility index (Phi) is 2.91. The fourth-order valence-corrected chi connectivity index (χ4v) is 4.05. The first-order valence-electron chi connectivity index (χ1n) is 6.47. The predicted octanol–water partition coefficient (Wildman–Crippen LogP) is 5.28. The summed E-state index contributed by atoms with van der Waals surface area (Å²) in [6.45, 7) is 4.23. The Hall–Kier alpha value is -0.200. The molecule has 0 bridgehead atoms. The van der Waals surface area contributed by atoms with Crippen molar-refractivity contribution in [1.29, 1.82) is 0 Å². The standard InChI is InChI=1S/C15H18Cl2/c1-8-3-13(14(16)4-9(8)2)15(17)12-6-10-5-11(10)7-12/h3-4,10-12,15H,5-7H2,1-2H3. The first kappa shape index (κ1) is 11.9. The lowest BCUT2D eigenvalue weighted by atomic mass is 9.92. The zero-order chi connectivity index (χ0) is 12.2. The highest BCUT2D eigenvalue weighted by molar-refractivity contribution is 6.33. The second kappa shape index (κ2) is 4.17. The highest BCUT2D eigenvalue weighted by Gasteiger charge is 2.48. The van der Waals surface area contributed by atoms with Gasteiger partial charge in [0.2, 0.25) is 0 Å². The van der Waals surface area contributed by atoms with Crippen LogP contribution in [-0.2, 0) is 0 Å². The molecule has 2 fully saturated rings. The fraction of sp³-hybridized carbons (Fsp3) is 0.600. The number of alkyl halides is 1. The molecule has 17 heavy (non-hydrogen) atoms. The van der Waals surface area contributed by atoms with Crippen molar-refractivity contribution in [2.75, 3.05) is 0 Å². The van der Waals surface area contributed by atoms with E-state index in [9.17, 15) is 0 Å². The van der Waals surface area contributed by atoms with E-state index in [1.807, 2.05) is 0 Å². The van der Waals surface area contributed by atoms with Gasteiger partial charge in [-0.3, -0.25) is 0 Å². The monoisotopic (exact) mass is 268 g/mol. The number of rotatable bonds is 2. The maximum atomic E-state index is 6.64. The molecule has 3 unspecified atom stereocenters. The van der Waals surface area contributed by atoms with Crippen LogP contribution in [0.3, 0.4) is 0 Å². The molecule has 92 valence electrons. The maximum Gasteiger partial charge on any atom is 0.0628 e. The van der Waals surface area contributed by atoms with Gasteiger partial charge >= 0.3 is 0 Å². The van der Waals surface area contributed by atoms with Crippen molar-refractivity contribution in [1.82, 2.24) is 0 Å². The van der Waals surface area contributed by atoms with Gasteiger partial charge in [-0.05, 0) is 73.6 Å². The van der Waals surface area contributed by atoms with Crippen molar-refractivity contribution >= 4 is 23.2 Å². The first-order valence-corrected chi connectivity index (χ1v) is 7.28. The van der Waals surface area contributed by atoms with E-state index in [2.05, 4.69) is 26.0 Å². The molecule has 0 N–H and O–H groups in total. The number of benzene rings is 1. The molecule has 0 amide bonds. The van der Waals surface area contributed by atoms with E-state index in [4.69, 9.17) is 23.2 Å². The summed E-state index contributed by atoms with van der Waals surface area (Å²) in [5, 5.41) is 0.947. The molecule has 2 aliphatic rings. The Morgan fingerprint density at radius 1 is 1.06 bits per heavy atom. The molecule has 2 saturated carbocycles. The maximum absolute atomic E-state index is 6.64. The summed E-state index contributed by atoms with van der Waals surface area (Å²) < 4.78 is 0. The second-order valence-corrected chi connectivity index (χ2v) is 6.72. The van der Waals surface area contributed by atoms with Gasteiger partial charge in [0.1, 0.15) is 0 Å². The van der Waals surface area contributed by atoms with Gasteiger partial charge < -0.3 is 0 Å². The van der Waals surface area contributed by atoms with E-state index in [1.165, 1.54) is 30.4 Å². The van der Waals surface area contributed by atoms with E-state index in [0.29, 0.717) is 5.92 Å². The summed E-state index contributed by atoms with van der Waals surface area (Å²) in [6.07, 6.45) is 4.06. The summed E-state index contributed by atoms with van der Waals surface area (Å²) in [4.78, 5) is 0. The molecule has 0 nitrogen and oxygen atoms in total. The smallest absolute Gasteiger partial charge is 0.0628 e. The normalized spacial score (nSPS) is 32.4. The van der Waals surface area contributed by atoms with Crippen LogP contribution in [0, 0.1) is 31.6 Å². The van der Waals surface area contributed by atoms with Crippen LogP contribution in [0.25, 0.3) is 0 Å². The van der Waals surface area contributed by atoms with Crippen LogP contribution >= 0.6 is 23.2 Å². The lowest BCUT2D eigenvalue weighted by molar-refractivity contribution is 0.471. The summed E-state index contributed by atoms with van der Waals surface area (Å²) in [7, 11) is 0. The van der Waals surface area contributed by atoms with E-state index in [0.717, 1.165) is 22.4 Å². The zero-order valence-electron chi connectivity index (χ0n) is 10.3. The topological polar surface area (TPSA) is 0 Å². The lowest BCUT2D eigenvalue weighted by Gasteiger charge is -2.21. The van der Waals surface area contributed by atoms with Crippen LogP contribution in [0.2, 0.25) is 5.02 Å². The molecule has 0 spiro atoms. The fourth-order valence-electron chi connectivity index (χ4n) is 3.27. The van der Waals surface area contributed by atoms with Crippen LogP contribution < -0.4 is 0 Å². The molecule has 2 heteroatoms. The number of aryl methyl sites for hydroxylation is 2. The zero-order valence-corrected chi connectivity index (χ0v) is 11.9. The van der Waals surface area contributed by atoms with E-state index < -0.39 is 0 Å². The van der Waals surface area contributed by atoms with E-state index in [-0.39, 0.29) is 5.38 Å². The van der Waals surface area contributed by atoms with Gasteiger partial charge in [-0.25, -0.2) is 0 Å². The van der Waals surface area contributed by atoms with Crippen molar-refractivity contribution in [3.05, 3.63) is 33.8 Å². The Morgan fingerprint density at radius 3 is 2.29 bits per heavy atom. The molecule has 1 aromatic rings. The molecule has 3 rings (SSSR count). The Bertz CT molecular complexity index is 442. The highest BCUT2D eigenvalue weighted by atomic mass is 35.5. The average Bonchev–Trinajstić information content (AvgIpc) is 2.90. The molecule has 0 heterocycles. The summed E-state index contributed by atoms with van der Waals surface area (Å²) in [5.41, 5.74) is 3.68. The predicted molar refractivity (Wildman–Crippen MR) is 73.8 cm³/mol. The van der Waals surface area contributed by atoms with Crippen molar-refractivity contribution < 1.29 is 0 Å². The van der Waals surface area contributed by atoms with Crippen LogP contribution in [0.5, 0.6) is 0 Å². The molecule has 0 aliphatic heterocycles. The lowest BCUT2D eigenvalue weighted by Crippen LogP contribution is -2.07. The quantitative estimate of drug-likeness (QED) is 0.640. The molecule has 0 aromatic heterocycles. The molecule has 2 aliphatic carbocycles. The van der Waals surface area contributed by atoms with Gasteiger partial charge in [0.05, 0.1) is 5.38 Å². The second-order valence-electron chi connectivity index (χ2n) is 5.85. The minimum absolute atomic E-state index is 0.106. The summed E-state index contributed by atoms with van der Waals surface area (Å²) >= 11 is 13.0.